The molecule has 1 aliphatic heterocycles. The number of nitrogens with zero attached hydrogens (tertiary/aromatic N) is 5. The van der Waals surface area contributed by atoms with Gasteiger partial charge in [0, 0.05) is 19.3 Å². The molecule has 10 heteroatoms. The quantitative estimate of drug-likeness (QED) is 0.565. The molecule has 1 amide bonds. The fourth-order valence-electron chi connectivity index (χ4n) is 3.22. The number of hydrogen-bond acceptors (Lipinski definition) is 7. The Balaban J connectivity index is 1.60. The molecule has 0 bridgehead atoms. The van der Waals surface area contributed by atoms with Crippen LogP contribution in [0.1, 0.15) is 12.5 Å². The number of aromatic nitrogens is 4. The number of morpholine rings is 1. The Labute approximate surface area is 190 Å². The van der Waals surface area contributed by atoms with Crippen LogP contribution in [0.25, 0.3) is 5.69 Å². The van der Waals surface area contributed by atoms with Crippen LogP contribution in [-0.4, -0.2) is 57.2 Å². The van der Waals surface area contributed by atoms with Crippen LogP contribution in [0.3, 0.4) is 0 Å². The highest BCUT2D eigenvalue weighted by atomic mass is 35.5. The maximum absolute atomic E-state index is 12.7. The van der Waals surface area contributed by atoms with Crippen LogP contribution in [0, 0.1) is 6.92 Å². The second-order valence-corrected chi connectivity index (χ2v) is 8.86. The Morgan fingerprint density at radius 2 is 1.97 bits per heavy atom. The molecule has 1 saturated heterocycles. The van der Waals surface area contributed by atoms with Crippen molar-refractivity contribution in [1.29, 1.82) is 0 Å². The number of rotatable bonds is 6. The molecule has 4 rings (SSSR count). The Morgan fingerprint density at radius 3 is 2.68 bits per heavy atom. The predicted octanol–water partition coefficient (Wildman–Crippen LogP) is 3.58. The summed E-state index contributed by atoms with van der Waals surface area (Å²) in [5.41, 5.74) is 2.09. The van der Waals surface area contributed by atoms with Gasteiger partial charge in [0.05, 0.1) is 29.2 Å². The third-order valence-corrected chi connectivity index (χ3v) is 6.16. The van der Waals surface area contributed by atoms with Crippen molar-refractivity contribution in [2.24, 2.45) is 0 Å². The van der Waals surface area contributed by atoms with Crippen molar-refractivity contribution in [2.75, 3.05) is 36.5 Å². The van der Waals surface area contributed by atoms with Gasteiger partial charge in [0.15, 0.2) is 5.16 Å². The molecular weight excluding hydrogens is 436 g/mol. The molecule has 1 aromatic carbocycles. The van der Waals surface area contributed by atoms with E-state index in [-0.39, 0.29) is 5.91 Å². The van der Waals surface area contributed by atoms with Gasteiger partial charge in [0.25, 0.3) is 0 Å². The van der Waals surface area contributed by atoms with Crippen LogP contribution in [0.4, 0.5) is 11.8 Å². The van der Waals surface area contributed by atoms with Crippen molar-refractivity contribution in [1.82, 2.24) is 19.7 Å². The van der Waals surface area contributed by atoms with Gasteiger partial charge < -0.3 is 15.0 Å². The maximum atomic E-state index is 12.7. The number of anilines is 2. The standard InChI is InChI=1S/C21H23ClN6O2S/c1-14-5-3-4-6-17(14)28-20(27-9-11-30-12-10-27)25-26-21(28)31-15(2)19(29)24-18-8-7-16(22)13-23-18/h3-8,13,15H,9-12H2,1-2H3,(H,23,24,29)/t15-/m0/s1. The summed E-state index contributed by atoms with van der Waals surface area (Å²) in [5, 5.41) is 12.5. The minimum absolute atomic E-state index is 0.174. The van der Waals surface area contributed by atoms with E-state index in [9.17, 15) is 4.79 Å². The molecule has 0 aliphatic carbocycles. The first kappa shape index (κ1) is 21.6. The van der Waals surface area contributed by atoms with Crippen molar-refractivity contribution >= 4 is 41.0 Å². The van der Waals surface area contributed by atoms with Gasteiger partial charge in [-0.15, -0.1) is 10.2 Å². The summed E-state index contributed by atoms with van der Waals surface area (Å²) in [6.07, 6.45) is 1.50. The van der Waals surface area contributed by atoms with Crippen molar-refractivity contribution in [2.45, 2.75) is 24.3 Å². The average molecular weight is 459 g/mol. The number of nitrogens with one attached hydrogen (secondary N) is 1. The van der Waals surface area contributed by atoms with Crippen LogP contribution < -0.4 is 10.2 Å². The molecule has 8 nitrogen and oxygen atoms in total. The summed E-state index contributed by atoms with van der Waals surface area (Å²) in [5.74, 6) is 1.04. The van der Waals surface area contributed by atoms with E-state index in [1.54, 1.807) is 12.1 Å². The van der Waals surface area contributed by atoms with Crippen molar-refractivity contribution in [3.8, 4) is 5.69 Å². The third-order valence-electron chi connectivity index (χ3n) is 4.90. The van der Waals surface area contributed by atoms with Gasteiger partial charge in [0.1, 0.15) is 5.82 Å². The largest absolute Gasteiger partial charge is 0.378 e. The molecule has 162 valence electrons. The van der Waals surface area contributed by atoms with E-state index >= 15 is 0 Å². The molecule has 1 aliphatic rings. The Bertz CT molecular complexity index is 1050. The molecule has 1 fully saturated rings. The number of benzene rings is 1. The molecule has 0 saturated carbocycles. The Kier molecular flexibility index (Phi) is 6.74. The lowest BCUT2D eigenvalue weighted by Gasteiger charge is -2.28. The van der Waals surface area contributed by atoms with Crippen LogP contribution in [-0.2, 0) is 9.53 Å². The summed E-state index contributed by atoms with van der Waals surface area (Å²) in [6, 6.07) is 11.4. The van der Waals surface area contributed by atoms with Crippen molar-refractivity contribution < 1.29 is 9.53 Å². The fourth-order valence-corrected chi connectivity index (χ4v) is 4.19. The number of aryl methyl sites for hydroxylation is 1. The zero-order valence-electron chi connectivity index (χ0n) is 17.3. The van der Waals surface area contributed by atoms with E-state index in [0.29, 0.717) is 29.2 Å². The molecule has 1 N–H and O–H groups in total. The average Bonchev–Trinajstić information content (AvgIpc) is 3.19. The summed E-state index contributed by atoms with van der Waals surface area (Å²) in [6.45, 7) is 6.67. The highest BCUT2D eigenvalue weighted by Gasteiger charge is 2.25. The maximum Gasteiger partial charge on any atom is 0.238 e. The van der Waals surface area contributed by atoms with Crippen LogP contribution >= 0.6 is 23.4 Å². The minimum atomic E-state index is -0.415. The second-order valence-electron chi connectivity index (χ2n) is 7.11. The lowest BCUT2D eigenvalue weighted by atomic mass is 10.2. The molecule has 2 aromatic heterocycles. The Hall–Kier alpha value is -2.62. The summed E-state index contributed by atoms with van der Waals surface area (Å²) < 4.78 is 7.51. The Morgan fingerprint density at radius 1 is 1.19 bits per heavy atom. The minimum Gasteiger partial charge on any atom is -0.378 e. The number of thioether (sulfide) groups is 1. The van der Waals surface area contributed by atoms with E-state index in [1.807, 2.05) is 29.7 Å². The van der Waals surface area contributed by atoms with Gasteiger partial charge in [-0.3, -0.25) is 9.36 Å². The van der Waals surface area contributed by atoms with Gasteiger partial charge in [-0.25, -0.2) is 4.98 Å². The van der Waals surface area contributed by atoms with Gasteiger partial charge in [-0.1, -0.05) is 41.6 Å². The smallest absolute Gasteiger partial charge is 0.238 e. The molecule has 0 radical (unpaired) electrons. The van der Waals surface area contributed by atoms with E-state index < -0.39 is 5.25 Å². The van der Waals surface area contributed by atoms with Crippen LogP contribution in [0.5, 0.6) is 0 Å². The molecule has 0 unspecified atom stereocenters. The number of carbonyl (C=O) groups excluding carboxylic acids is 1. The molecule has 0 spiro atoms. The zero-order valence-corrected chi connectivity index (χ0v) is 18.9. The number of halogens is 1. The number of para-hydroxylation sites is 1. The highest BCUT2D eigenvalue weighted by Crippen LogP contribution is 2.31. The number of amides is 1. The van der Waals surface area contributed by atoms with E-state index in [1.165, 1.54) is 18.0 Å². The number of hydrogen-bond donors (Lipinski definition) is 1. The van der Waals surface area contributed by atoms with Crippen molar-refractivity contribution in [3.63, 3.8) is 0 Å². The molecule has 31 heavy (non-hydrogen) atoms. The summed E-state index contributed by atoms with van der Waals surface area (Å²) >= 11 is 7.22. The van der Waals surface area contributed by atoms with Gasteiger partial charge in [-0.05, 0) is 37.6 Å². The predicted molar refractivity (Wildman–Crippen MR) is 122 cm³/mol. The van der Waals surface area contributed by atoms with E-state index in [2.05, 4.69) is 38.4 Å². The topological polar surface area (TPSA) is 85.2 Å². The molecular formula is C21H23ClN6O2S. The normalized spacial score (nSPS) is 15.0. The first-order chi connectivity index (χ1) is 15.0. The summed E-state index contributed by atoms with van der Waals surface area (Å²) in [4.78, 5) is 19.0. The van der Waals surface area contributed by atoms with Gasteiger partial charge in [-0.2, -0.15) is 0 Å². The number of carbonyl (C=O) groups is 1. The number of pyridine rings is 1. The fraction of sp³-hybridized carbons (Fsp3) is 0.333. The van der Waals surface area contributed by atoms with Crippen LogP contribution in [0.2, 0.25) is 5.02 Å². The molecule has 3 aromatic rings. The first-order valence-corrected chi connectivity index (χ1v) is 11.2. The lowest BCUT2D eigenvalue weighted by Crippen LogP contribution is -2.38. The number of ether oxygens (including phenoxy) is 1. The molecule has 1 atom stereocenters. The van der Waals surface area contributed by atoms with E-state index in [0.717, 1.165) is 30.3 Å². The first-order valence-electron chi connectivity index (χ1n) is 9.96. The second kappa shape index (κ2) is 9.67. The molecule has 3 heterocycles. The van der Waals surface area contributed by atoms with Gasteiger partial charge in [0.2, 0.25) is 11.9 Å². The third kappa shape index (κ3) is 5.00. The van der Waals surface area contributed by atoms with Gasteiger partial charge >= 0.3 is 0 Å². The highest BCUT2D eigenvalue weighted by molar-refractivity contribution is 8.00. The van der Waals surface area contributed by atoms with Crippen molar-refractivity contribution in [3.05, 3.63) is 53.2 Å². The van der Waals surface area contributed by atoms with E-state index in [4.69, 9.17) is 16.3 Å². The summed E-state index contributed by atoms with van der Waals surface area (Å²) in [7, 11) is 0. The lowest BCUT2D eigenvalue weighted by molar-refractivity contribution is -0.115. The monoisotopic (exact) mass is 458 g/mol. The van der Waals surface area contributed by atoms with Crippen LogP contribution in [0.15, 0.2) is 47.8 Å². The zero-order chi connectivity index (χ0) is 21.8. The SMILES string of the molecule is Cc1ccccc1-n1c(S[C@@H](C)C(=O)Nc2ccc(Cl)cn2)nnc1N1CCOCC1.